The fourth-order valence-electron chi connectivity index (χ4n) is 2.49. The highest BCUT2D eigenvalue weighted by Gasteiger charge is 2.14. The molecule has 1 heterocycles. The lowest BCUT2D eigenvalue weighted by Gasteiger charge is -2.06. The molecule has 0 aliphatic rings. The maximum Gasteiger partial charge on any atom is 0.254 e. The Labute approximate surface area is 168 Å². The molecule has 29 heavy (non-hydrogen) atoms. The van der Waals surface area contributed by atoms with Crippen molar-refractivity contribution in [2.45, 2.75) is 13.3 Å². The van der Waals surface area contributed by atoms with Crippen LogP contribution in [-0.2, 0) is 11.2 Å². The van der Waals surface area contributed by atoms with Crippen LogP contribution in [0.15, 0.2) is 42.6 Å². The normalized spacial score (nSPS) is 10.6. The summed E-state index contributed by atoms with van der Waals surface area (Å²) in [7, 11) is 0. The van der Waals surface area contributed by atoms with Gasteiger partial charge in [-0.15, -0.1) is 11.3 Å². The van der Waals surface area contributed by atoms with Crippen LogP contribution in [0.5, 0.6) is 0 Å². The predicted molar refractivity (Wildman–Crippen MR) is 103 cm³/mol. The number of hydrogen-bond donors (Lipinski definition) is 2. The Morgan fingerprint density at radius 1 is 1.07 bits per heavy atom. The van der Waals surface area contributed by atoms with Crippen molar-refractivity contribution >= 4 is 28.3 Å². The third-order valence-corrected chi connectivity index (χ3v) is 4.91. The number of carbonyl (C=O) groups excluding carboxylic acids is 2. The van der Waals surface area contributed by atoms with E-state index in [2.05, 4.69) is 15.6 Å². The zero-order valence-electron chi connectivity index (χ0n) is 15.3. The second-order valence-corrected chi connectivity index (χ2v) is 7.36. The smallest absolute Gasteiger partial charge is 0.254 e. The van der Waals surface area contributed by atoms with E-state index in [0.717, 1.165) is 22.6 Å². The van der Waals surface area contributed by atoms with E-state index in [4.69, 9.17) is 0 Å². The van der Waals surface area contributed by atoms with Crippen molar-refractivity contribution in [3.63, 3.8) is 0 Å². The summed E-state index contributed by atoms with van der Waals surface area (Å²) in [5, 5.41) is 5.10. The van der Waals surface area contributed by atoms with Crippen molar-refractivity contribution in [3.8, 4) is 0 Å². The first kappa shape index (κ1) is 20.5. The SMILES string of the molecule is Cc1ccc(Cc2cnc(NC(=O)CNC(=O)c3ccc(F)cc3F)s2)cc1F. The molecule has 2 N–H and O–H groups in total. The van der Waals surface area contributed by atoms with Crippen LogP contribution in [0.25, 0.3) is 0 Å². The van der Waals surface area contributed by atoms with Gasteiger partial charge in [-0.05, 0) is 36.2 Å². The number of hydrogen-bond acceptors (Lipinski definition) is 4. The van der Waals surface area contributed by atoms with Crippen LogP contribution in [-0.4, -0.2) is 23.3 Å². The van der Waals surface area contributed by atoms with Crippen LogP contribution in [0.3, 0.4) is 0 Å². The Bertz CT molecular complexity index is 1070. The second kappa shape index (κ2) is 8.87. The molecule has 3 rings (SSSR count). The highest BCUT2D eigenvalue weighted by atomic mass is 32.1. The number of amides is 2. The van der Waals surface area contributed by atoms with Gasteiger partial charge in [0.05, 0.1) is 12.1 Å². The van der Waals surface area contributed by atoms with E-state index in [1.165, 1.54) is 17.4 Å². The molecule has 0 aliphatic carbocycles. The van der Waals surface area contributed by atoms with Crippen molar-refractivity contribution < 1.29 is 22.8 Å². The molecule has 2 aromatic carbocycles. The van der Waals surface area contributed by atoms with Gasteiger partial charge < -0.3 is 10.6 Å². The van der Waals surface area contributed by atoms with Gasteiger partial charge in [0.25, 0.3) is 5.91 Å². The monoisotopic (exact) mass is 419 g/mol. The first-order chi connectivity index (χ1) is 13.8. The molecule has 0 radical (unpaired) electrons. The number of rotatable bonds is 6. The van der Waals surface area contributed by atoms with Crippen LogP contribution < -0.4 is 10.6 Å². The zero-order valence-corrected chi connectivity index (χ0v) is 16.1. The summed E-state index contributed by atoms with van der Waals surface area (Å²) in [5.41, 5.74) is 0.984. The number of nitrogens with one attached hydrogen (secondary N) is 2. The third kappa shape index (κ3) is 5.41. The van der Waals surface area contributed by atoms with E-state index < -0.39 is 30.0 Å². The number of carbonyl (C=O) groups is 2. The number of anilines is 1. The molecule has 0 saturated heterocycles. The van der Waals surface area contributed by atoms with E-state index in [1.54, 1.807) is 19.2 Å². The van der Waals surface area contributed by atoms with Crippen molar-refractivity contribution in [2.75, 3.05) is 11.9 Å². The average molecular weight is 419 g/mol. The van der Waals surface area contributed by atoms with Crippen molar-refractivity contribution in [1.82, 2.24) is 10.3 Å². The fourth-order valence-corrected chi connectivity index (χ4v) is 3.35. The highest BCUT2D eigenvalue weighted by molar-refractivity contribution is 7.15. The maximum atomic E-state index is 13.6. The molecule has 0 atom stereocenters. The molecule has 0 bridgehead atoms. The lowest BCUT2D eigenvalue weighted by molar-refractivity contribution is -0.115. The minimum Gasteiger partial charge on any atom is -0.343 e. The zero-order chi connectivity index (χ0) is 21.0. The summed E-state index contributed by atoms with van der Waals surface area (Å²) in [6.45, 7) is 1.27. The quantitative estimate of drug-likeness (QED) is 0.638. The number of thiazole rings is 1. The van der Waals surface area contributed by atoms with Gasteiger partial charge in [0.15, 0.2) is 5.13 Å². The van der Waals surface area contributed by atoms with E-state index in [1.807, 2.05) is 6.07 Å². The third-order valence-electron chi connectivity index (χ3n) is 4.00. The summed E-state index contributed by atoms with van der Waals surface area (Å²) < 4.78 is 40.1. The Balaban J connectivity index is 1.53. The molecule has 2 amide bonds. The maximum absolute atomic E-state index is 13.6. The van der Waals surface area contributed by atoms with E-state index >= 15 is 0 Å². The van der Waals surface area contributed by atoms with E-state index in [0.29, 0.717) is 23.2 Å². The van der Waals surface area contributed by atoms with E-state index in [9.17, 15) is 22.8 Å². The molecule has 3 aromatic rings. The molecular weight excluding hydrogens is 403 g/mol. The van der Waals surface area contributed by atoms with Crippen LogP contribution >= 0.6 is 11.3 Å². The number of aryl methyl sites for hydroxylation is 1. The summed E-state index contributed by atoms with van der Waals surface area (Å²) >= 11 is 1.22. The minimum atomic E-state index is -1.01. The topological polar surface area (TPSA) is 71.1 Å². The van der Waals surface area contributed by atoms with Gasteiger partial charge in [-0.2, -0.15) is 0 Å². The van der Waals surface area contributed by atoms with Gasteiger partial charge >= 0.3 is 0 Å². The van der Waals surface area contributed by atoms with Gasteiger partial charge in [0.1, 0.15) is 17.5 Å². The van der Waals surface area contributed by atoms with Crippen molar-refractivity contribution in [1.29, 1.82) is 0 Å². The summed E-state index contributed by atoms with van der Waals surface area (Å²) in [6.07, 6.45) is 2.04. The van der Waals surface area contributed by atoms with E-state index in [-0.39, 0.29) is 11.4 Å². The molecule has 0 fully saturated rings. The van der Waals surface area contributed by atoms with Crippen molar-refractivity contribution in [3.05, 3.63) is 81.6 Å². The van der Waals surface area contributed by atoms with Crippen LogP contribution in [0, 0.1) is 24.4 Å². The predicted octanol–water partition coefficient (Wildman–Crippen LogP) is 3.83. The van der Waals surface area contributed by atoms with Gasteiger partial charge in [-0.25, -0.2) is 18.2 Å². The van der Waals surface area contributed by atoms with Crippen LogP contribution in [0.2, 0.25) is 0 Å². The molecule has 1 aromatic heterocycles. The van der Waals surface area contributed by atoms with Crippen molar-refractivity contribution in [2.24, 2.45) is 0 Å². The largest absolute Gasteiger partial charge is 0.343 e. The second-order valence-electron chi connectivity index (χ2n) is 6.25. The first-order valence-corrected chi connectivity index (χ1v) is 9.36. The molecule has 150 valence electrons. The Kier molecular flexibility index (Phi) is 6.28. The van der Waals surface area contributed by atoms with Gasteiger partial charge in [-0.1, -0.05) is 12.1 Å². The molecule has 5 nitrogen and oxygen atoms in total. The Morgan fingerprint density at radius 3 is 2.59 bits per heavy atom. The average Bonchev–Trinajstić information content (AvgIpc) is 3.09. The number of aromatic nitrogens is 1. The number of nitrogens with zero attached hydrogens (tertiary/aromatic N) is 1. The summed E-state index contributed by atoms with van der Waals surface area (Å²) in [4.78, 5) is 28.8. The molecule has 0 spiro atoms. The molecule has 9 heteroatoms. The number of benzene rings is 2. The molecule has 0 unspecified atom stereocenters. The Hall–Kier alpha value is -3.20. The summed E-state index contributed by atoms with van der Waals surface area (Å²) in [5.74, 6) is -3.49. The number of halogens is 3. The highest BCUT2D eigenvalue weighted by Crippen LogP contribution is 2.22. The fraction of sp³-hybridized carbons (Fsp3) is 0.150. The van der Waals surface area contributed by atoms with Crippen LogP contribution in [0.4, 0.5) is 18.3 Å². The lowest BCUT2D eigenvalue weighted by atomic mass is 10.1. The molecule has 0 aliphatic heterocycles. The molecular formula is C20H16F3N3O2S. The minimum absolute atomic E-state index is 0.283. The van der Waals surface area contributed by atoms with Gasteiger partial charge in [-0.3, -0.25) is 9.59 Å². The standard InChI is InChI=1S/C20H16F3N3O2S/c1-11-2-3-12(7-16(11)22)6-14-9-25-20(29-14)26-18(27)10-24-19(28)15-5-4-13(21)8-17(15)23/h2-5,7-9H,6,10H2,1H3,(H,24,28)(H,25,26,27). The lowest BCUT2D eigenvalue weighted by Crippen LogP contribution is -2.33. The Morgan fingerprint density at radius 2 is 1.86 bits per heavy atom. The van der Waals surface area contributed by atoms with Gasteiger partial charge in [0.2, 0.25) is 5.91 Å². The summed E-state index contributed by atoms with van der Waals surface area (Å²) in [6, 6.07) is 7.51. The molecule has 0 saturated carbocycles. The first-order valence-electron chi connectivity index (χ1n) is 8.54. The van der Waals surface area contributed by atoms with Crippen LogP contribution in [0.1, 0.15) is 26.4 Å². The van der Waals surface area contributed by atoms with Gasteiger partial charge in [0, 0.05) is 23.6 Å².